The van der Waals surface area contributed by atoms with Crippen molar-refractivity contribution in [2.24, 2.45) is 0 Å². The molecule has 0 saturated carbocycles. The Morgan fingerprint density at radius 2 is 2.27 bits per heavy atom. The van der Waals surface area contributed by atoms with Gasteiger partial charge in [0.25, 0.3) is 0 Å². The van der Waals surface area contributed by atoms with Crippen LogP contribution in [-0.2, 0) is 0 Å². The molecule has 0 amide bonds. The van der Waals surface area contributed by atoms with E-state index < -0.39 is 0 Å². The number of aliphatic hydroxyl groups excluding tert-OH is 1. The molecule has 0 bridgehead atoms. The second-order valence-electron chi connectivity index (χ2n) is 3.15. The molecular formula is C10H17N3OS. The summed E-state index contributed by atoms with van der Waals surface area (Å²) >= 11 is 1.55. The number of nitrogens with one attached hydrogen (secondary N) is 1. The summed E-state index contributed by atoms with van der Waals surface area (Å²) in [5.41, 5.74) is 1.06. The van der Waals surface area contributed by atoms with Gasteiger partial charge in [0.15, 0.2) is 0 Å². The summed E-state index contributed by atoms with van der Waals surface area (Å²) < 4.78 is 0. The molecule has 1 rings (SSSR count). The third-order valence-electron chi connectivity index (χ3n) is 1.91. The molecular weight excluding hydrogens is 210 g/mol. The van der Waals surface area contributed by atoms with E-state index in [1.807, 2.05) is 6.92 Å². The van der Waals surface area contributed by atoms with Gasteiger partial charge >= 0.3 is 0 Å². The molecule has 1 aromatic heterocycles. The summed E-state index contributed by atoms with van der Waals surface area (Å²) in [7, 11) is 0. The zero-order valence-corrected chi connectivity index (χ0v) is 9.97. The van der Waals surface area contributed by atoms with Crippen LogP contribution >= 0.6 is 11.8 Å². The number of aliphatic hydroxyl groups is 1. The molecule has 84 valence electrons. The van der Waals surface area contributed by atoms with E-state index in [0.29, 0.717) is 5.75 Å². The number of aromatic nitrogens is 2. The summed E-state index contributed by atoms with van der Waals surface area (Å²) in [4.78, 5) is 8.37. The van der Waals surface area contributed by atoms with Crippen molar-refractivity contribution in [1.82, 2.24) is 9.97 Å². The van der Waals surface area contributed by atoms with E-state index in [1.54, 1.807) is 18.1 Å². The van der Waals surface area contributed by atoms with Crippen LogP contribution in [0, 0.1) is 6.92 Å². The van der Waals surface area contributed by atoms with Crippen molar-refractivity contribution >= 4 is 17.6 Å². The van der Waals surface area contributed by atoms with Gasteiger partial charge in [-0.1, -0.05) is 6.92 Å². The van der Waals surface area contributed by atoms with E-state index in [-0.39, 0.29) is 6.61 Å². The highest BCUT2D eigenvalue weighted by Gasteiger charge is 2.06. The van der Waals surface area contributed by atoms with E-state index in [1.165, 1.54) is 0 Å². The monoisotopic (exact) mass is 227 g/mol. The third kappa shape index (κ3) is 3.68. The first kappa shape index (κ1) is 12.3. The Labute approximate surface area is 94.5 Å². The smallest absolute Gasteiger partial charge is 0.133 e. The van der Waals surface area contributed by atoms with E-state index in [4.69, 9.17) is 5.11 Å². The second-order valence-corrected chi connectivity index (χ2v) is 4.23. The van der Waals surface area contributed by atoms with Crippen molar-refractivity contribution in [1.29, 1.82) is 0 Å². The minimum atomic E-state index is 0.172. The lowest BCUT2D eigenvalue weighted by Gasteiger charge is -2.09. The fraction of sp³-hybridized carbons (Fsp3) is 0.600. The van der Waals surface area contributed by atoms with Gasteiger partial charge in [-0.3, -0.25) is 0 Å². The average Bonchev–Trinajstić information content (AvgIpc) is 2.26. The summed E-state index contributed by atoms with van der Waals surface area (Å²) in [6, 6.07) is 0. The zero-order chi connectivity index (χ0) is 11.1. The molecule has 1 aromatic rings. The van der Waals surface area contributed by atoms with Crippen LogP contribution in [0.25, 0.3) is 0 Å². The summed E-state index contributed by atoms with van der Waals surface area (Å²) in [6.07, 6.45) is 2.63. The van der Waals surface area contributed by atoms with Crippen LogP contribution in [0.1, 0.15) is 18.9 Å². The van der Waals surface area contributed by atoms with Gasteiger partial charge in [0, 0.05) is 17.9 Å². The second kappa shape index (κ2) is 6.63. The van der Waals surface area contributed by atoms with Crippen molar-refractivity contribution < 1.29 is 5.11 Å². The van der Waals surface area contributed by atoms with Gasteiger partial charge in [-0.25, -0.2) is 9.97 Å². The highest BCUT2D eigenvalue weighted by molar-refractivity contribution is 7.99. The van der Waals surface area contributed by atoms with Gasteiger partial charge < -0.3 is 10.4 Å². The van der Waals surface area contributed by atoms with Crippen molar-refractivity contribution in [3.05, 3.63) is 11.9 Å². The molecule has 0 radical (unpaired) electrons. The minimum Gasteiger partial charge on any atom is -0.396 e. The summed E-state index contributed by atoms with van der Waals surface area (Å²) in [6.45, 7) is 5.20. The normalized spacial score (nSPS) is 10.3. The Hall–Kier alpha value is -0.810. The van der Waals surface area contributed by atoms with Crippen LogP contribution in [0.15, 0.2) is 11.4 Å². The van der Waals surface area contributed by atoms with E-state index >= 15 is 0 Å². The molecule has 0 atom stereocenters. The molecule has 1 heterocycles. The number of rotatable bonds is 6. The third-order valence-corrected chi connectivity index (χ3v) is 2.98. The predicted octanol–water partition coefficient (Wildman–Crippen LogP) is 1.69. The van der Waals surface area contributed by atoms with Gasteiger partial charge in [0.05, 0.1) is 6.61 Å². The molecule has 0 aromatic carbocycles. The number of anilines is 1. The van der Waals surface area contributed by atoms with Gasteiger partial charge in [-0.05, 0) is 13.3 Å². The Bertz CT molecular complexity index is 280. The van der Waals surface area contributed by atoms with Crippen LogP contribution < -0.4 is 5.32 Å². The van der Waals surface area contributed by atoms with Gasteiger partial charge in [-0.2, -0.15) is 0 Å². The van der Waals surface area contributed by atoms with Crippen molar-refractivity contribution in [2.45, 2.75) is 25.3 Å². The fourth-order valence-corrected chi connectivity index (χ4v) is 1.86. The van der Waals surface area contributed by atoms with E-state index in [9.17, 15) is 0 Å². The zero-order valence-electron chi connectivity index (χ0n) is 9.16. The molecule has 4 nitrogen and oxygen atoms in total. The Balaban J connectivity index is 2.71. The van der Waals surface area contributed by atoms with E-state index in [2.05, 4.69) is 22.2 Å². The lowest BCUT2D eigenvalue weighted by Crippen LogP contribution is -2.05. The first-order valence-corrected chi connectivity index (χ1v) is 6.07. The van der Waals surface area contributed by atoms with E-state index in [0.717, 1.165) is 29.4 Å². The number of hydrogen-bond acceptors (Lipinski definition) is 5. The quantitative estimate of drug-likeness (QED) is 0.572. The first-order valence-electron chi connectivity index (χ1n) is 5.08. The van der Waals surface area contributed by atoms with Gasteiger partial charge in [0.2, 0.25) is 0 Å². The highest BCUT2D eigenvalue weighted by Crippen LogP contribution is 2.23. The Morgan fingerprint density at radius 1 is 1.47 bits per heavy atom. The standard InChI is InChI=1S/C10H17N3OS/c1-3-4-11-9-8(2)10(13-7-12-9)15-6-5-14/h7,14H,3-6H2,1-2H3,(H,11,12,13). The summed E-state index contributed by atoms with van der Waals surface area (Å²) in [5.74, 6) is 1.57. The van der Waals surface area contributed by atoms with Crippen LogP contribution in [-0.4, -0.2) is 34.0 Å². The molecule has 0 saturated heterocycles. The molecule has 0 aliphatic heterocycles. The lowest BCUT2D eigenvalue weighted by atomic mass is 10.3. The maximum atomic E-state index is 8.75. The average molecular weight is 227 g/mol. The topological polar surface area (TPSA) is 58.0 Å². The minimum absolute atomic E-state index is 0.172. The molecule has 0 unspecified atom stereocenters. The van der Waals surface area contributed by atoms with Crippen LogP contribution in [0.5, 0.6) is 0 Å². The largest absolute Gasteiger partial charge is 0.396 e. The predicted molar refractivity (Wildman–Crippen MR) is 63.4 cm³/mol. The van der Waals surface area contributed by atoms with Crippen molar-refractivity contribution in [3.8, 4) is 0 Å². The van der Waals surface area contributed by atoms with Crippen LogP contribution in [0.4, 0.5) is 5.82 Å². The summed E-state index contributed by atoms with van der Waals surface area (Å²) in [5, 5.41) is 12.9. The molecule has 5 heteroatoms. The molecule has 2 N–H and O–H groups in total. The van der Waals surface area contributed by atoms with Crippen LogP contribution in [0.3, 0.4) is 0 Å². The Morgan fingerprint density at radius 3 is 2.93 bits per heavy atom. The van der Waals surface area contributed by atoms with Crippen molar-refractivity contribution in [3.63, 3.8) is 0 Å². The lowest BCUT2D eigenvalue weighted by molar-refractivity contribution is 0.322. The molecule has 0 aliphatic rings. The fourth-order valence-electron chi connectivity index (χ4n) is 1.14. The molecule has 15 heavy (non-hydrogen) atoms. The number of thioether (sulfide) groups is 1. The number of hydrogen-bond donors (Lipinski definition) is 2. The maximum absolute atomic E-state index is 8.75. The molecule has 0 aliphatic carbocycles. The van der Waals surface area contributed by atoms with Gasteiger partial charge in [-0.15, -0.1) is 11.8 Å². The van der Waals surface area contributed by atoms with Crippen LogP contribution in [0.2, 0.25) is 0 Å². The number of nitrogens with zero attached hydrogens (tertiary/aromatic N) is 2. The van der Waals surface area contributed by atoms with Gasteiger partial charge in [0.1, 0.15) is 17.2 Å². The molecule has 0 fully saturated rings. The van der Waals surface area contributed by atoms with Crippen molar-refractivity contribution in [2.75, 3.05) is 24.2 Å². The SMILES string of the molecule is CCCNc1ncnc(SCCO)c1C. The molecule has 0 spiro atoms. The Kier molecular flexibility index (Phi) is 5.42. The maximum Gasteiger partial charge on any atom is 0.133 e. The highest BCUT2D eigenvalue weighted by atomic mass is 32.2. The first-order chi connectivity index (χ1) is 7.29.